The van der Waals surface area contributed by atoms with Gasteiger partial charge in [0, 0.05) is 20.9 Å². The third-order valence-corrected chi connectivity index (χ3v) is 5.73. The maximum Gasteiger partial charge on any atom is 0.0991 e. The summed E-state index contributed by atoms with van der Waals surface area (Å²) in [6, 6.07) is 32.4. The minimum absolute atomic E-state index is 0.634. The molecule has 5 rings (SSSR count). The summed E-state index contributed by atoms with van der Waals surface area (Å²) in [4.78, 5) is 0. The van der Waals surface area contributed by atoms with Crippen LogP contribution < -0.4 is 0 Å². The molecule has 3 nitrogen and oxygen atoms in total. The highest BCUT2D eigenvalue weighted by atomic mass is 79.9. The Morgan fingerprint density at radius 1 is 0.633 bits per heavy atom. The molecule has 4 aromatic carbocycles. The fourth-order valence-corrected chi connectivity index (χ4v) is 4.44. The average molecular weight is 448 g/mol. The van der Waals surface area contributed by atoms with Crippen LogP contribution in [0.5, 0.6) is 0 Å². The Hall–Kier alpha value is -3.86. The van der Waals surface area contributed by atoms with E-state index in [0.29, 0.717) is 11.1 Å². The smallest absolute Gasteiger partial charge is 0.0991 e. The Morgan fingerprint density at radius 2 is 1.40 bits per heavy atom. The lowest BCUT2D eigenvalue weighted by Gasteiger charge is -2.12. The number of hydrogen-bond donors (Lipinski definition) is 0. The molecule has 0 spiro atoms. The Balaban J connectivity index is 1.81. The van der Waals surface area contributed by atoms with E-state index in [2.05, 4.69) is 63.0 Å². The SMILES string of the molecule is N#Cc1cccc(-c2cc(Br)cc(-n3c4ccccc4c4cc(C#N)ccc43)c2)c1. The van der Waals surface area contributed by atoms with Gasteiger partial charge in [0.2, 0.25) is 0 Å². The molecule has 1 aromatic heterocycles. The first-order chi connectivity index (χ1) is 14.7. The van der Waals surface area contributed by atoms with E-state index >= 15 is 0 Å². The number of para-hydroxylation sites is 1. The highest BCUT2D eigenvalue weighted by Gasteiger charge is 2.14. The van der Waals surface area contributed by atoms with E-state index in [1.807, 2.05) is 54.6 Å². The normalized spacial score (nSPS) is 10.8. The van der Waals surface area contributed by atoms with Crippen LogP contribution in [0.25, 0.3) is 38.6 Å². The minimum atomic E-state index is 0.634. The van der Waals surface area contributed by atoms with Crippen molar-refractivity contribution in [2.75, 3.05) is 0 Å². The number of aromatic nitrogens is 1. The van der Waals surface area contributed by atoms with Gasteiger partial charge in [-0.25, -0.2) is 0 Å². The topological polar surface area (TPSA) is 52.5 Å². The van der Waals surface area contributed by atoms with Crippen molar-refractivity contribution in [3.63, 3.8) is 0 Å². The number of nitrogens with zero attached hydrogens (tertiary/aromatic N) is 3. The van der Waals surface area contributed by atoms with Crippen molar-refractivity contribution in [2.24, 2.45) is 0 Å². The quantitative estimate of drug-likeness (QED) is 0.293. The second-order valence-corrected chi connectivity index (χ2v) is 8.00. The number of rotatable bonds is 2. The highest BCUT2D eigenvalue weighted by molar-refractivity contribution is 9.10. The van der Waals surface area contributed by atoms with Gasteiger partial charge in [0.1, 0.15) is 0 Å². The van der Waals surface area contributed by atoms with E-state index in [9.17, 15) is 10.5 Å². The molecular weight excluding hydrogens is 434 g/mol. The summed E-state index contributed by atoms with van der Waals surface area (Å²) >= 11 is 3.66. The highest BCUT2D eigenvalue weighted by Crippen LogP contribution is 2.35. The predicted octanol–water partition coefficient (Wildman–Crippen LogP) is 6.96. The maximum atomic E-state index is 9.35. The monoisotopic (exact) mass is 447 g/mol. The van der Waals surface area contributed by atoms with Crippen LogP contribution in [0.1, 0.15) is 11.1 Å². The van der Waals surface area contributed by atoms with Crippen molar-refractivity contribution >= 4 is 37.7 Å². The van der Waals surface area contributed by atoms with Crippen molar-refractivity contribution < 1.29 is 0 Å². The fourth-order valence-electron chi connectivity index (χ4n) is 3.96. The molecule has 0 atom stereocenters. The van der Waals surface area contributed by atoms with Crippen molar-refractivity contribution in [1.29, 1.82) is 10.5 Å². The number of nitriles is 2. The van der Waals surface area contributed by atoms with E-state index in [-0.39, 0.29) is 0 Å². The van der Waals surface area contributed by atoms with Gasteiger partial charge in [-0.3, -0.25) is 0 Å². The summed E-state index contributed by atoms with van der Waals surface area (Å²) in [6.45, 7) is 0. The molecule has 0 unspecified atom stereocenters. The van der Waals surface area contributed by atoms with Crippen molar-refractivity contribution in [1.82, 2.24) is 4.57 Å². The van der Waals surface area contributed by atoms with Crippen LogP contribution in [0, 0.1) is 22.7 Å². The molecule has 0 aliphatic heterocycles. The number of fused-ring (bicyclic) bond motifs is 3. The van der Waals surface area contributed by atoms with Gasteiger partial charge in [0.05, 0.1) is 34.3 Å². The molecule has 0 saturated carbocycles. The summed E-state index contributed by atoms with van der Waals surface area (Å²) < 4.78 is 3.17. The van der Waals surface area contributed by atoms with Crippen LogP contribution in [-0.2, 0) is 0 Å². The summed E-state index contributed by atoms with van der Waals surface area (Å²) in [6.07, 6.45) is 0. The third kappa shape index (κ3) is 2.95. The van der Waals surface area contributed by atoms with Gasteiger partial charge in [-0.05, 0) is 65.7 Å². The summed E-state index contributed by atoms with van der Waals surface area (Å²) in [5.41, 5.74) is 6.43. The molecule has 0 bridgehead atoms. The van der Waals surface area contributed by atoms with E-state index < -0.39 is 0 Å². The zero-order valence-corrected chi connectivity index (χ0v) is 17.4. The molecule has 30 heavy (non-hydrogen) atoms. The molecule has 140 valence electrons. The second-order valence-electron chi connectivity index (χ2n) is 7.09. The van der Waals surface area contributed by atoms with Gasteiger partial charge in [0.25, 0.3) is 0 Å². The van der Waals surface area contributed by atoms with E-state index in [1.54, 1.807) is 0 Å². The van der Waals surface area contributed by atoms with Gasteiger partial charge >= 0.3 is 0 Å². The summed E-state index contributed by atoms with van der Waals surface area (Å²) in [5, 5.41) is 20.8. The number of halogens is 1. The van der Waals surface area contributed by atoms with Crippen LogP contribution in [0.3, 0.4) is 0 Å². The average Bonchev–Trinajstić information content (AvgIpc) is 3.12. The molecule has 0 amide bonds. The van der Waals surface area contributed by atoms with Crippen LogP contribution in [0.4, 0.5) is 0 Å². The Labute approximate surface area is 182 Å². The largest absolute Gasteiger partial charge is 0.309 e. The molecule has 0 aliphatic carbocycles. The maximum absolute atomic E-state index is 9.35. The van der Waals surface area contributed by atoms with Crippen molar-refractivity contribution in [3.8, 4) is 29.0 Å². The summed E-state index contributed by atoms with van der Waals surface area (Å²) in [7, 11) is 0. The lowest BCUT2D eigenvalue weighted by molar-refractivity contribution is 1.18. The van der Waals surface area contributed by atoms with Gasteiger partial charge < -0.3 is 4.57 Å². The third-order valence-electron chi connectivity index (χ3n) is 5.27. The Bertz CT molecular complexity index is 1530. The molecule has 5 aromatic rings. The van der Waals surface area contributed by atoms with Gasteiger partial charge in [-0.2, -0.15) is 10.5 Å². The van der Waals surface area contributed by atoms with E-state index in [0.717, 1.165) is 43.1 Å². The molecular formula is C26H14BrN3. The van der Waals surface area contributed by atoms with Crippen molar-refractivity contribution in [3.05, 3.63) is 101 Å². The molecule has 4 heteroatoms. The van der Waals surface area contributed by atoms with Crippen LogP contribution in [0.2, 0.25) is 0 Å². The zero-order chi connectivity index (χ0) is 20.7. The first-order valence-corrected chi connectivity index (χ1v) is 10.2. The van der Waals surface area contributed by atoms with E-state index in [4.69, 9.17) is 0 Å². The van der Waals surface area contributed by atoms with Gasteiger partial charge in [-0.15, -0.1) is 0 Å². The second kappa shape index (κ2) is 7.19. The van der Waals surface area contributed by atoms with Crippen LogP contribution in [0.15, 0.2) is 89.4 Å². The Morgan fingerprint density at radius 3 is 2.23 bits per heavy atom. The molecule has 1 heterocycles. The van der Waals surface area contributed by atoms with Crippen LogP contribution in [-0.4, -0.2) is 4.57 Å². The standard InChI is InChI=1S/C26H14BrN3/c27-21-12-20(19-5-3-4-17(10-19)15-28)13-22(14-21)30-25-7-2-1-6-23(25)24-11-18(16-29)8-9-26(24)30/h1-14H. The lowest BCUT2D eigenvalue weighted by atomic mass is 10.0. The summed E-state index contributed by atoms with van der Waals surface area (Å²) in [5.74, 6) is 0. The van der Waals surface area contributed by atoms with E-state index in [1.165, 1.54) is 0 Å². The zero-order valence-electron chi connectivity index (χ0n) is 15.8. The molecule has 0 fully saturated rings. The van der Waals surface area contributed by atoms with Gasteiger partial charge in [0.15, 0.2) is 0 Å². The minimum Gasteiger partial charge on any atom is -0.309 e. The predicted molar refractivity (Wildman–Crippen MR) is 123 cm³/mol. The van der Waals surface area contributed by atoms with Crippen molar-refractivity contribution in [2.45, 2.75) is 0 Å². The van der Waals surface area contributed by atoms with Crippen LogP contribution >= 0.6 is 15.9 Å². The molecule has 0 aliphatic rings. The van der Waals surface area contributed by atoms with Gasteiger partial charge in [-0.1, -0.05) is 46.3 Å². The first kappa shape index (κ1) is 18.2. The molecule has 0 radical (unpaired) electrons. The Kier molecular flexibility index (Phi) is 4.36. The first-order valence-electron chi connectivity index (χ1n) is 9.43. The lowest BCUT2D eigenvalue weighted by Crippen LogP contribution is -1.95. The number of benzene rings is 4. The molecule has 0 N–H and O–H groups in total. The number of hydrogen-bond acceptors (Lipinski definition) is 2. The fraction of sp³-hybridized carbons (Fsp3) is 0. The molecule has 0 saturated heterocycles.